The summed E-state index contributed by atoms with van der Waals surface area (Å²) in [6.07, 6.45) is 2.20. The first-order valence-corrected chi connectivity index (χ1v) is 7.54. The van der Waals surface area contributed by atoms with Crippen molar-refractivity contribution in [1.82, 2.24) is 14.5 Å². The maximum atomic E-state index is 9.20. The first-order chi connectivity index (χ1) is 10.2. The van der Waals surface area contributed by atoms with E-state index < -0.39 is 0 Å². The van der Waals surface area contributed by atoms with Crippen molar-refractivity contribution in [2.75, 3.05) is 6.61 Å². The molecule has 0 aromatic carbocycles. The standard InChI is InChI=1S/C14H13N5OS/c1-9-17-11(5-15)12(6-16)19(9)7-10-8-21-14(18-10)13-3-2-4-20-13/h8,13H,2-4,7H2,1H3/t13-/m1/s1. The van der Waals surface area contributed by atoms with Crippen molar-refractivity contribution >= 4 is 11.3 Å². The summed E-state index contributed by atoms with van der Waals surface area (Å²) in [5.74, 6) is 0.648. The zero-order valence-electron chi connectivity index (χ0n) is 11.5. The molecule has 1 aliphatic heterocycles. The molecule has 0 saturated carbocycles. The van der Waals surface area contributed by atoms with E-state index in [9.17, 15) is 5.26 Å². The van der Waals surface area contributed by atoms with Crippen molar-refractivity contribution in [3.8, 4) is 12.1 Å². The van der Waals surface area contributed by atoms with Crippen LogP contribution in [0.1, 0.15) is 46.9 Å². The zero-order valence-corrected chi connectivity index (χ0v) is 12.4. The normalized spacial score (nSPS) is 17.6. The number of thiazole rings is 1. The van der Waals surface area contributed by atoms with E-state index >= 15 is 0 Å². The van der Waals surface area contributed by atoms with Gasteiger partial charge in [0.05, 0.1) is 12.2 Å². The molecule has 7 heteroatoms. The smallest absolute Gasteiger partial charge is 0.177 e. The predicted octanol–water partition coefficient (Wildman–Crippen LogP) is 2.29. The van der Waals surface area contributed by atoms with Gasteiger partial charge < -0.3 is 9.30 Å². The Morgan fingerprint density at radius 3 is 2.95 bits per heavy atom. The maximum Gasteiger partial charge on any atom is 0.177 e. The Kier molecular flexibility index (Phi) is 3.70. The van der Waals surface area contributed by atoms with Crippen LogP contribution in [-0.2, 0) is 11.3 Å². The summed E-state index contributed by atoms with van der Waals surface area (Å²) in [5, 5.41) is 21.2. The molecule has 6 nitrogen and oxygen atoms in total. The van der Waals surface area contributed by atoms with Crippen molar-refractivity contribution in [3.05, 3.63) is 33.3 Å². The molecule has 2 aromatic rings. The third-order valence-electron chi connectivity index (χ3n) is 3.47. The largest absolute Gasteiger partial charge is 0.371 e. The van der Waals surface area contributed by atoms with Crippen LogP contribution in [0.3, 0.4) is 0 Å². The molecule has 21 heavy (non-hydrogen) atoms. The van der Waals surface area contributed by atoms with Gasteiger partial charge in [0.1, 0.15) is 29.1 Å². The van der Waals surface area contributed by atoms with E-state index in [1.807, 2.05) is 17.5 Å². The molecule has 2 aromatic heterocycles. The van der Waals surface area contributed by atoms with E-state index in [2.05, 4.69) is 9.97 Å². The van der Waals surface area contributed by atoms with Gasteiger partial charge in [0, 0.05) is 12.0 Å². The second-order valence-electron chi connectivity index (χ2n) is 4.84. The minimum atomic E-state index is 0.109. The van der Waals surface area contributed by atoms with Gasteiger partial charge in [-0.3, -0.25) is 0 Å². The number of hydrogen-bond acceptors (Lipinski definition) is 6. The van der Waals surface area contributed by atoms with Crippen LogP contribution in [0.4, 0.5) is 0 Å². The lowest BCUT2D eigenvalue weighted by Gasteiger charge is -2.05. The topological polar surface area (TPSA) is 87.5 Å². The van der Waals surface area contributed by atoms with Crippen LogP contribution in [0.25, 0.3) is 0 Å². The van der Waals surface area contributed by atoms with E-state index in [1.54, 1.807) is 22.8 Å². The van der Waals surface area contributed by atoms with Crippen LogP contribution in [0.2, 0.25) is 0 Å². The van der Waals surface area contributed by atoms with Crippen molar-refractivity contribution in [2.24, 2.45) is 0 Å². The monoisotopic (exact) mass is 299 g/mol. The van der Waals surface area contributed by atoms with Gasteiger partial charge in [0.25, 0.3) is 0 Å². The number of aromatic nitrogens is 3. The molecule has 106 valence electrons. The highest BCUT2D eigenvalue weighted by molar-refractivity contribution is 7.09. The number of ether oxygens (including phenoxy) is 1. The fraction of sp³-hybridized carbons (Fsp3) is 0.429. The van der Waals surface area contributed by atoms with E-state index in [0.717, 1.165) is 30.2 Å². The Morgan fingerprint density at radius 1 is 1.43 bits per heavy atom. The lowest BCUT2D eigenvalue weighted by Crippen LogP contribution is -2.06. The lowest BCUT2D eigenvalue weighted by molar-refractivity contribution is 0.111. The summed E-state index contributed by atoms with van der Waals surface area (Å²) >= 11 is 1.58. The summed E-state index contributed by atoms with van der Waals surface area (Å²) in [7, 11) is 0. The highest BCUT2D eigenvalue weighted by Crippen LogP contribution is 2.30. The van der Waals surface area contributed by atoms with Crippen LogP contribution < -0.4 is 0 Å². The maximum absolute atomic E-state index is 9.20. The molecule has 1 atom stereocenters. The van der Waals surface area contributed by atoms with Crippen LogP contribution in [0.5, 0.6) is 0 Å². The minimum Gasteiger partial charge on any atom is -0.371 e. The second-order valence-corrected chi connectivity index (χ2v) is 5.73. The molecule has 0 amide bonds. The van der Waals surface area contributed by atoms with Gasteiger partial charge >= 0.3 is 0 Å². The number of imidazole rings is 1. The number of nitrogens with zero attached hydrogens (tertiary/aromatic N) is 5. The molecule has 0 N–H and O–H groups in total. The summed E-state index contributed by atoms with van der Waals surface area (Å²) in [6, 6.07) is 4.00. The van der Waals surface area contributed by atoms with Gasteiger partial charge in [0.2, 0.25) is 0 Å². The third kappa shape index (κ3) is 2.54. The van der Waals surface area contributed by atoms with Gasteiger partial charge in [-0.2, -0.15) is 10.5 Å². The van der Waals surface area contributed by atoms with Crippen LogP contribution in [0.15, 0.2) is 5.38 Å². The van der Waals surface area contributed by atoms with Gasteiger partial charge in [-0.15, -0.1) is 11.3 Å². The molecule has 0 bridgehead atoms. The highest BCUT2D eigenvalue weighted by atomic mass is 32.1. The van der Waals surface area contributed by atoms with Crippen molar-refractivity contribution in [3.63, 3.8) is 0 Å². The molecule has 0 spiro atoms. The van der Waals surface area contributed by atoms with Crippen LogP contribution in [-0.4, -0.2) is 21.1 Å². The molecule has 1 fully saturated rings. The fourth-order valence-corrected chi connectivity index (χ4v) is 3.32. The Balaban J connectivity index is 1.86. The van der Waals surface area contributed by atoms with Gasteiger partial charge in [-0.25, -0.2) is 9.97 Å². The Hall–Kier alpha value is -2.22. The van der Waals surface area contributed by atoms with Crippen molar-refractivity contribution in [2.45, 2.75) is 32.4 Å². The Bertz CT molecular complexity index is 742. The lowest BCUT2D eigenvalue weighted by atomic mass is 10.2. The predicted molar refractivity (Wildman–Crippen MR) is 75.5 cm³/mol. The van der Waals surface area contributed by atoms with E-state index in [4.69, 9.17) is 10.00 Å². The van der Waals surface area contributed by atoms with Crippen molar-refractivity contribution in [1.29, 1.82) is 10.5 Å². The number of nitriles is 2. The molecular formula is C14H13N5OS. The SMILES string of the molecule is Cc1nc(C#N)c(C#N)n1Cc1csc([C@H]2CCCO2)n1. The molecule has 0 unspecified atom stereocenters. The van der Waals surface area contributed by atoms with E-state index in [0.29, 0.717) is 18.1 Å². The Morgan fingerprint density at radius 2 is 2.29 bits per heavy atom. The zero-order chi connectivity index (χ0) is 14.8. The van der Waals surface area contributed by atoms with Crippen molar-refractivity contribution < 1.29 is 4.74 Å². The number of aryl methyl sites for hydroxylation is 1. The Labute approximate surface area is 126 Å². The summed E-state index contributed by atoms with van der Waals surface area (Å²) in [6.45, 7) is 3.03. The van der Waals surface area contributed by atoms with Gasteiger partial charge in [-0.1, -0.05) is 0 Å². The summed E-state index contributed by atoms with van der Waals surface area (Å²) in [5.41, 5.74) is 1.33. The third-order valence-corrected chi connectivity index (χ3v) is 4.45. The summed E-state index contributed by atoms with van der Waals surface area (Å²) < 4.78 is 7.36. The molecule has 3 rings (SSSR count). The quantitative estimate of drug-likeness (QED) is 0.867. The second kappa shape index (κ2) is 5.65. The van der Waals surface area contributed by atoms with E-state index in [1.165, 1.54) is 0 Å². The minimum absolute atomic E-state index is 0.109. The van der Waals surface area contributed by atoms with Gasteiger partial charge in [-0.05, 0) is 19.8 Å². The average Bonchev–Trinajstić information content (AvgIpc) is 3.20. The molecule has 1 aliphatic rings. The van der Waals surface area contributed by atoms with Crippen LogP contribution in [0, 0.1) is 29.6 Å². The highest BCUT2D eigenvalue weighted by Gasteiger charge is 2.21. The molecular weight excluding hydrogens is 286 g/mol. The average molecular weight is 299 g/mol. The number of rotatable bonds is 3. The molecule has 0 aliphatic carbocycles. The number of hydrogen-bond donors (Lipinski definition) is 0. The molecule has 1 saturated heterocycles. The van der Waals surface area contributed by atoms with E-state index in [-0.39, 0.29) is 11.8 Å². The first kappa shape index (κ1) is 13.7. The molecule has 0 radical (unpaired) electrons. The summed E-state index contributed by atoms with van der Waals surface area (Å²) in [4.78, 5) is 8.70. The van der Waals surface area contributed by atoms with Crippen LogP contribution >= 0.6 is 11.3 Å². The first-order valence-electron chi connectivity index (χ1n) is 6.66. The molecule has 3 heterocycles. The fourth-order valence-electron chi connectivity index (χ4n) is 2.43. The van der Waals surface area contributed by atoms with Gasteiger partial charge in [0.15, 0.2) is 11.4 Å².